The average molecular weight is 310 g/mol. The first-order valence-corrected chi connectivity index (χ1v) is 5.43. The van der Waals surface area contributed by atoms with E-state index < -0.39 is 0 Å². The topological polar surface area (TPSA) is 56.6 Å². The van der Waals surface area contributed by atoms with Gasteiger partial charge in [0.05, 0.1) is 0 Å². The third-order valence-corrected chi connectivity index (χ3v) is 2.93. The molecule has 0 bridgehead atoms. The molecule has 1 aromatic carbocycles. The predicted molar refractivity (Wildman–Crippen MR) is 66.7 cm³/mol. The maximum absolute atomic E-state index is 11.9. The normalized spacial score (nSPS) is 10.2. The molecule has 3 nitrogen and oxygen atoms in total. The standard InChI is InChI=1S/C11H7IN2O/c1-6-9(5-13)11(15)8-4-7(12)2-3-10(8)14-6/h2-4H,1H3,(H,14,15). The molecule has 1 N–H and O–H groups in total. The smallest absolute Gasteiger partial charge is 0.207 e. The molecule has 2 rings (SSSR count). The fourth-order valence-electron chi connectivity index (χ4n) is 1.52. The first-order valence-electron chi connectivity index (χ1n) is 4.35. The lowest BCUT2D eigenvalue weighted by Crippen LogP contribution is -2.10. The van der Waals surface area contributed by atoms with Crippen molar-refractivity contribution in [3.05, 3.63) is 43.2 Å². The van der Waals surface area contributed by atoms with Crippen LogP contribution in [0.5, 0.6) is 0 Å². The molecule has 0 aliphatic carbocycles. The first-order chi connectivity index (χ1) is 7.13. The van der Waals surface area contributed by atoms with Gasteiger partial charge in [0.1, 0.15) is 11.6 Å². The Hall–Kier alpha value is -1.35. The Kier molecular flexibility index (Phi) is 2.49. The van der Waals surface area contributed by atoms with Gasteiger partial charge in [0, 0.05) is 20.2 Å². The minimum Gasteiger partial charge on any atom is -0.357 e. The second-order valence-electron chi connectivity index (χ2n) is 3.26. The van der Waals surface area contributed by atoms with Gasteiger partial charge in [0.25, 0.3) is 0 Å². The second-order valence-corrected chi connectivity index (χ2v) is 4.50. The van der Waals surface area contributed by atoms with Crippen molar-refractivity contribution in [1.82, 2.24) is 4.98 Å². The van der Waals surface area contributed by atoms with Crippen LogP contribution < -0.4 is 5.43 Å². The quantitative estimate of drug-likeness (QED) is 0.759. The molecule has 0 saturated carbocycles. The lowest BCUT2D eigenvalue weighted by atomic mass is 10.1. The van der Waals surface area contributed by atoms with Crippen LogP contribution in [0.4, 0.5) is 0 Å². The summed E-state index contributed by atoms with van der Waals surface area (Å²) in [7, 11) is 0. The number of nitrogens with one attached hydrogen (secondary N) is 1. The molecule has 74 valence electrons. The number of hydrogen-bond donors (Lipinski definition) is 1. The van der Waals surface area contributed by atoms with E-state index in [-0.39, 0.29) is 11.0 Å². The van der Waals surface area contributed by atoms with E-state index in [0.29, 0.717) is 11.1 Å². The Morgan fingerprint density at radius 3 is 2.87 bits per heavy atom. The number of halogens is 1. The largest absolute Gasteiger partial charge is 0.357 e. The van der Waals surface area contributed by atoms with Crippen molar-refractivity contribution in [2.75, 3.05) is 0 Å². The van der Waals surface area contributed by atoms with Gasteiger partial charge < -0.3 is 4.98 Å². The van der Waals surface area contributed by atoms with E-state index >= 15 is 0 Å². The minimum absolute atomic E-state index is 0.192. The van der Waals surface area contributed by atoms with Gasteiger partial charge in [-0.25, -0.2) is 0 Å². The molecule has 0 aliphatic rings. The third kappa shape index (κ3) is 1.63. The molecule has 0 spiro atoms. The van der Waals surface area contributed by atoms with Crippen molar-refractivity contribution < 1.29 is 0 Å². The monoisotopic (exact) mass is 310 g/mol. The Morgan fingerprint density at radius 2 is 2.20 bits per heavy atom. The summed E-state index contributed by atoms with van der Waals surface area (Å²) in [6.07, 6.45) is 0. The highest BCUT2D eigenvalue weighted by atomic mass is 127. The van der Waals surface area contributed by atoms with Crippen molar-refractivity contribution >= 4 is 33.5 Å². The average Bonchev–Trinajstić information content (AvgIpc) is 2.20. The van der Waals surface area contributed by atoms with Crippen molar-refractivity contribution in [3.8, 4) is 6.07 Å². The van der Waals surface area contributed by atoms with Gasteiger partial charge in [0.2, 0.25) is 5.43 Å². The molecule has 1 aromatic heterocycles. The number of nitriles is 1. The van der Waals surface area contributed by atoms with Crippen LogP contribution in [0.25, 0.3) is 10.9 Å². The molecule has 0 fully saturated rings. The lowest BCUT2D eigenvalue weighted by Gasteiger charge is -2.02. The van der Waals surface area contributed by atoms with Crippen LogP contribution in [0.1, 0.15) is 11.3 Å². The van der Waals surface area contributed by atoms with E-state index in [4.69, 9.17) is 5.26 Å². The van der Waals surface area contributed by atoms with Crippen LogP contribution in [0, 0.1) is 21.8 Å². The van der Waals surface area contributed by atoms with Gasteiger partial charge in [-0.2, -0.15) is 5.26 Å². The molecule has 2 aromatic rings. The number of hydrogen-bond acceptors (Lipinski definition) is 2. The summed E-state index contributed by atoms with van der Waals surface area (Å²) in [6, 6.07) is 7.49. The zero-order valence-electron chi connectivity index (χ0n) is 7.97. The molecule has 0 aliphatic heterocycles. The van der Waals surface area contributed by atoms with Gasteiger partial charge in [-0.3, -0.25) is 4.79 Å². The Balaban J connectivity index is 3.01. The van der Waals surface area contributed by atoms with E-state index in [1.807, 2.05) is 18.2 Å². The Labute approximate surface area is 99.9 Å². The van der Waals surface area contributed by atoms with E-state index in [9.17, 15) is 4.79 Å². The Bertz CT molecular complexity index is 637. The van der Waals surface area contributed by atoms with E-state index in [1.54, 1.807) is 13.0 Å². The number of aryl methyl sites for hydroxylation is 1. The maximum Gasteiger partial charge on any atom is 0.207 e. The van der Waals surface area contributed by atoms with Crippen molar-refractivity contribution in [2.24, 2.45) is 0 Å². The highest BCUT2D eigenvalue weighted by Crippen LogP contribution is 2.14. The van der Waals surface area contributed by atoms with Gasteiger partial charge in [0.15, 0.2) is 0 Å². The zero-order valence-corrected chi connectivity index (χ0v) is 10.1. The van der Waals surface area contributed by atoms with Crippen LogP contribution in [-0.2, 0) is 0 Å². The summed E-state index contributed by atoms with van der Waals surface area (Å²) in [6.45, 7) is 1.73. The van der Waals surface area contributed by atoms with Crippen LogP contribution >= 0.6 is 22.6 Å². The van der Waals surface area contributed by atoms with Crippen LogP contribution in [0.3, 0.4) is 0 Å². The van der Waals surface area contributed by atoms with Gasteiger partial charge in [-0.05, 0) is 47.7 Å². The molecule has 0 amide bonds. The van der Waals surface area contributed by atoms with Gasteiger partial charge in [-0.15, -0.1) is 0 Å². The third-order valence-electron chi connectivity index (χ3n) is 2.26. The number of pyridine rings is 1. The predicted octanol–water partition coefficient (Wildman–Crippen LogP) is 2.31. The van der Waals surface area contributed by atoms with Gasteiger partial charge in [-0.1, -0.05) is 0 Å². The number of H-pyrrole nitrogens is 1. The SMILES string of the molecule is Cc1[nH]c2ccc(I)cc2c(=O)c1C#N. The van der Waals surface area contributed by atoms with Crippen LogP contribution in [-0.4, -0.2) is 4.98 Å². The van der Waals surface area contributed by atoms with Crippen molar-refractivity contribution in [1.29, 1.82) is 5.26 Å². The molecule has 4 heteroatoms. The number of benzene rings is 1. The summed E-state index contributed by atoms with van der Waals surface area (Å²) in [5.74, 6) is 0. The van der Waals surface area contributed by atoms with Gasteiger partial charge >= 0.3 is 0 Å². The molecule has 0 unspecified atom stereocenters. The summed E-state index contributed by atoms with van der Waals surface area (Å²) in [4.78, 5) is 14.9. The van der Waals surface area contributed by atoms with Crippen molar-refractivity contribution in [2.45, 2.75) is 6.92 Å². The zero-order chi connectivity index (χ0) is 11.0. The van der Waals surface area contributed by atoms with E-state index in [1.165, 1.54) is 0 Å². The fraction of sp³-hybridized carbons (Fsp3) is 0.0909. The molecule has 0 radical (unpaired) electrons. The summed E-state index contributed by atoms with van der Waals surface area (Å²) >= 11 is 2.14. The maximum atomic E-state index is 11.9. The van der Waals surface area contributed by atoms with E-state index in [2.05, 4.69) is 27.6 Å². The molecular formula is C11H7IN2O. The minimum atomic E-state index is -0.192. The first kappa shape index (κ1) is 10.2. The van der Waals surface area contributed by atoms with Crippen LogP contribution in [0.2, 0.25) is 0 Å². The number of rotatable bonds is 0. The molecule has 15 heavy (non-hydrogen) atoms. The second kappa shape index (κ2) is 3.66. The lowest BCUT2D eigenvalue weighted by molar-refractivity contribution is 1.21. The van der Waals surface area contributed by atoms with Crippen molar-refractivity contribution in [3.63, 3.8) is 0 Å². The number of aromatic amines is 1. The highest BCUT2D eigenvalue weighted by Gasteiger charge is 2.08. The summed E-state index contributed by atoms with van der Waals surface area (Å²) in [5, 5.41) is 9.43. The molecular weight excluding hydrogens is 303 g/mol. The summed E-state index contributed by atoms with van der Waals surface area (Å²) in [5.41, 5.74) is 1.40. The highest BCUT2D eigenvalue weighted by molar-refractivity contribution is 14.1. The summed E-state index contributed by atoms with van der Waals surface area (Å²) < 4.78 is 0.985. The van der Waals surface area contributed by atoms with E-state index in [0.717, 1.165) is 9.09 Å². The molecule has 0 atom stereocenters. The number of nitrogens with zero attached hydrogens (tertiary/aromatic N) is 1. The molecule has 0 saturated heterocycles. The fourth-order valence-corrected chi connectivity index (χ4v) is 2.01. The Morgan fingerprint density at radius 1 is 1.47 bits per heavy atom. The van der Waals surface area contributed by atoms with Crippen LogP contribution in [0.15, 0.2) is 23.0 Å². The molecule has 1 heterocycles. The number of aromatic nitrogens is 1. The number of fused-ring (bicyclic) bond motifs is 1.